The van der Waals surface area contributed by atoms with E-state index in [4.69, 9.17) is 23.2 Å². The second kappa shape index (κ2) is 7.65. The van der Waals surface area contributed by atoms with E-state index in [9.17, 15) is 4.79 Å². The second-order valence-corrected chi connectivity index (χ2v) is 6.45. The van der Waals surface area contributed by atoms with E-state index in [2.05, 4.69) is 25.5 Å². The monoisotopic (exact) mass is 379 g/mol. The number of carbonyl (C=O) groups is 1. The number of rotatable bonds is 5. The summed E-state index contributed by atoms with van der Waals surface area (Å²) in [5.41, 5.74) is 1.39. The minimum atomic E-state index is -0.209. The maximum atomic E-state index is 12.0. The van der Waals surface area contributed by atoms with Crippen LogP contribution in [0.25, 0.3) is 11.4 Å². The van der Waals surface area contributed by atoms with E-state index in [1.165, 1.54) is 11.8 Å². The molecule has 0 fully saturated rings. The van der Waals surface area contributed by atoms with Crippen LogP contribution in [0.15, 0.2) is 47.9 Å². The van der Waals surface area contributed by atoms with Crippen LogP contribution in [0.5, 0.6) is 0 Å². The topological polar surface area (TPSA) is 83.6 Å². The van der Waals surface area contributed by atoms with Gasteiger partial charge in [-0.15, -0.1) is 5.10 Å². The van der Waals surface area contributed by atoms with E-state index >= 15 is 0 Å². The third kappa shape index (κ3) is 4.25. The molecule has 0 aliphatic rings. The first kappa shape index (κ1) is 16.8. The largest absolute Gasteiger partial charge is 0.324 e. The first-order valence-electron chi connectivity index (χ1n) is 6.82. The van der Waals surface area contributed by atoms with Gasteiger partial charge in [0.05, 0.1) is 16.5 Å². The fourth-order valence-corrected chi connectivity index (χ4v) is 2.91. The fourth-order valence-electron chi connectivity index (χ4n) is 1.86. The molecule has 1 amide bonds. The first-order chi connectivity index (χ1) is 11.6. The van der Waals surface area contributed by atoms with Gasteiger partial charge in [-0.05, 0) is 30.3 Å². The number of thioether (sulfide) groups is 1. The lowest BCUT2D eigenvalue weighted by Gasteiger charge is -2.06. The van der Waals surface area contributed by atoms with Crippen LogP contribution in [0.1, 0.15) is 0 Å². The number of halogens is 2. The van der Waals surface area contributed by atoms with Crippen LogP contribution < -0.4 is 5.32 Å². The standard InChI is InChI=1S/C15H11Cl2N5OS/c16-10-1-2-12(11(17)7-10)19-13(23)8-24-15-20-14(21-22-15)9-3-5-18-6-4-9/h1-7H,8H2,(H,19,23)(H,20,21,22). The van der Waals surface area contributed by atoms with Gasteiger partial charge in [0.2, 0.25) is 11.1 Å². The molecule has 0 unspecified atom stereocenters. The van der Waals surface area contributed by atoms with Gasteiger partial charge in [0, 0.05) is 23.0 Å². The summed E-state index contributed by atoms with van der Waals surface area (Å²) in [6.07, 6.45) is 3.35. The minimum Gasteiger partial charge on any atom is -0.324 e. The summed E-state index contributed by atoms with van der Waals surface area (Å²) in [5.74, 6) is 0.576. The highest BCUT2D eigenvalue weighted by molar-refractivity contribution is 7.99. The van der Waals surface area contributed by atoms with Gasteiger partial charge in [0.25, 0.3) is 0 Å². The van der Waals surface area contributed by atoms with Crippen LogP contribution in [0.2, 0.25) is 10.0 Å². The highest BCUT2D eigenvalue weighted by Crippen LogP contribution is 2.26. The summed E-state index contributed by atoms with van der Waals surface area (Å²) < 4.78 is 0. The number of pyridine rings is 1. The minimum absolute atomic E-state index is 0.159. The van der Waals surface area contributed by atoms with Crippen molar-refractivity contribution in [3.8, 4) is 11.4 Å². The van der Waals surface area contributed by atoms with E-state index in [0.717, 1.165) is 5.56 Å². The van der Waals surface area contributed by atoms with Gasteiger partial charge in [-0.25, -0.2) is 4.98 Å². The van der Waals surface area contributed by atoms with Crippen LogP contribution >= 0.6 is 35.0 Å². The molecule has 6 nitrogen and oxygen atoms in total. The van der Waals surface area contributed by atoms with Crippen molar-refractivity contribution >= 4 is 46.6 Å². The average Bonchev–Trinajstić information content (AvgIpc) is 3.05. The van der Waals surface area contributed by atoms with Crippen molar-refractivity contribution in [2.75, 3.05) is 11.1 Å². The van der Waals surface area contributed by atoms with Gasteiger partial charge in [-0.2, -0.15) is 0 Å². The number of nitrogens with one attached hydrogen (secondary N) is 2. The SMILES string of the molecule is O=C(CSc1n[nH]c(-c2ccncc2)n1)Nc1ccc(Cl)cc1Cl. The molecule has 3 aromatic rings. The van der Waals surface area contributed by atoms with Crippen LogP contribution in [0, 0.1) is 0 Å². The van der Waals surface area contributed by atoms with E-state index in [0.29, 0.717) is 26.7 Å². The van der Waals surface area contributed by atoms with Gasteiger partial charge in [-0.3, -0.25) is 14.9 Å². The highest BCUT2D eigenvalue weighted by Gasteiger charge is 2.10. The Morgan fingerprint density at radius 1 is 1.21 bits per heavy atom. The van der Waals surface area contributed by atoms with Crippen LogP contribution in [0.3, 0.4) is 0 Å². The zero-order chi connectivity index (χ0) is 16.9. The number of aromatic amines is 1. The molecule has 2 N–H and O–H groups in total. The van der Waals surface area contributed by atoms with E-state index in [1.807, 2.05) is 12.1 Å². The number of H-pyrrole nitrogens is 1. The molecule has 0 saturated heterocycles. The zero-order valence-electron chi connectivity index (χ0n) is 12.2. The van der Waals surface area contributed by atoms with Gasteiger partial charge >= 0.3 is 0 Å². The Bertz CT molecular complexity index is 856. The van der Waals surface area contributed by atoms with Crippen LogP contribution in [0.4, 0.5) is 5.69 Å². The predicted octanol–water partition coefficient (Wildman–Crippen LogP) is 3.90. The summed E-state index contributed by atoms with van der Waals surface area (Å²) in [4.78, 5) is 20.3. The summed E-state index contributed by atoms with van der Waals surface area (Å²) in [5, 5.41) is 11.0. The van der Waals surface area contributed by atoms with Gasteiger partial charge in [0.1, 0.15) is 0 Å². The van der Waals surface area contributed by atoms with Crippen molar-refractivity contribution in [3.63, 3.8) is 0 Å². The highest BCUT2D eigenvalue weighted by atomic mass is 35.5. The number of aromatic nitrogens is 4. The molecule has 0 radical (unpaired) electrons. The Kier molecular flexibility index (Phi) is 5.34. The Morgan fingerprint density at radius 3 is 2.75 bits per heavy atom. The second-order valence-electron chi connectivity index (χ2n) is 4.66. The smallest absolute Gasteiger partial charge is 0.234 e. The number of anilines is 1. The number of hydrogen-bond acceptors (Lipinski definition) is 5. The molecule has 0 saturated carbocycles. The summed E-state index contributed by atoms with van der Waals surface area (Å²) >= 11 is 13.1. The van der Waals surface area contributed by atoms with Crippen molar-refractivity contribution in [2.45, 2.75) is 5.16 Å². The molecule has 0 atom stereocenters. The number of carbonyl (C=O) groups excluding carboxylic acids is 1. The normalized spacial score (nSPS) is 10.6. The van der Waals surface area contributed by atoms with E-state index < -0.39 is 0 Å². The summed E-state index contributed by atoms with van der Waals surface area (Å²) in [6.45, 7) is 0. The summed E-state index contributed by atoms with van der Waals surface area (Å²) in [7, 11) is 0. The lowest BCUT2D eigenvalue weighted by Crippen LogP contribution is -2.14. The van der Waals surface area contributed by atoms with Crippen LogP contribution in [-0.4, -0.2) is 31.8 Å². The summed E-state index contributed by atoms with van der Waals surface area (Å²) in [6, 6.07) is 8.53. The van der Waals surface area contributed by atoms with Crippen LogP contribution in [-0.2, 0) is 4.79 Å². The first-order valence-corrected chi connectivity index (χ1v) is 8.56. The number of amides is 1. The van der Waals surface area contributed by atoms with Crippen molar-refractivity contribution in [1.29, 1.82) is 0 Å². The molecule has 9 heteroatoms. The molecule has 2 aromatic heterocycles. The predicted molar refractivity (Wildman–Crippen MR) is 95.4 cm³/mol. The average molecular weight is 380 g/mol. The maximum absolute atomic E-state index is 12.0. The maximum Gasteiger partial charge on any atom is 0.234 e. The third-order valence-electron chi connectivity index (χ3n) is 2.96. The molecule has 2 heterocycles. The molecule has 24 heavy (non-hydrogen) atoms. The number of hydrogen-bond donors (Lipinski definition) is 2. The quantitative estimate of drug-likeness (QED) is 0.656. The van der Waals surface area contributed by atoms with Crippen molar-refractivity contribution in [3.05, 3.63) is 52.8 Å². The molecular weight excluding hydrogens is 369 g/mol. The lowest BCUT2D eigenvalue weighted by molar-refractivity contribution is -0.113. The Hall–Kier alpha value is -2.09. The molecule has 122 valence electrons. The molecule has 1 aromatic carbocycles. The Balaban J connectivity index is 1.58. The lowest BCUT2D eigenvalue weighted by atomic mass is 10.3. The molecule has 3 rings (SSSR count). The molecule has 0 aliphatic heterocycles. The van der Waals surface area contributed by atoms with Gasteiger partial charge in [-0.1, -0.05) is 35.0 Å². The fraction of sp³-hybridized carbons (Fsp3) is 0.0667. The van der Waals surface area contributed by atoms with E-state index in [1.54, 1.807) is 30.6 Å². The molecule has 0 aliphatic carbocycles. The third-order valence-corrected chi connectivity index (χ3v) is 4.35. The molecular formula is C15H11Cl2N5OS. The van der Waals surface area contributed by atoms with Crippen molar-refractivity contribution < 1.29 is 4.79 Å². The van der Waals surface area contributed by atoms with E-state index in [-0.39, 0.29) is 11.7 Å². The van der Waals surface area contributed by atoms with Gasteiger partial charge in [0.15, 0.2) is 5.82 Å². The molecule has 0 bridgehead atoms. The number of nitrogens with zero attached hydrogens (tertiary/aromatic N) is 3. The Labute approximate surface area is 152 Å². The zero-order valence-corrected chi connectivity index (χ0v) is 14.5. The number of benzene rings is 1. The van der Waals surface area contributed by atoms with Crippen molar-refractivity contribution in [1.82, 2.24) is 20.2 Å². The molecule has 0 spiro atoms. The Morgan fingerprint density at radius 2 is 2.00 bits per heavy atom. The van der Waals surface area contributed by atoms with Crippen molar-refractivity contribution in [2.24, 2.45) is 0 Å². The van der Waals surface area contributed by atoms with Gasteiger partial charge < -0.3 is 5.32 Å².